The first-order valence-electron chi connectivity index (χ1n) is 6.69. The van der Waals surface area contributed by atoms with Crippen molar-refractivity contribution < 1.29 is 9.47 Å². The topological polar surface area (TPSA) is 43.4 Å². The number of aryl methyl sites for hydroxylation is 1. The fourth-order valence-electron chi connectivity index (χ4n) is 2.00. The molecule has 0 atom stereocenters. The molecule has 1 aromatic heterocycles. The molecule has 0 aliphatic rings. The molecule has 0 aliphatic carbocycles. The highest BCUT2D eigenvalue weighted by Gasteiger charge is 2.15. The SMILES string of the molecule is CCNCc1sc(-c2cc(Cl)c(OC)c(OC)c2)nc1C. The maximum atomic E-state index is 6.25. The minimum atomic E-state index is 0.521. The molecule has 0 aliphatic heterocycles. The van der Waals surface area contributed by atoms with E-state index < -0.39 is 0 Å². The Kier molecular flexibility index (Phi) is 5.45. The van der Waals surface area contributed by atoms with Crippen molar-refractivity contribution in [3.05, 3.63) is 27.7 Å². The molecule has 2 rings (SSSR count). The lowest BCUT2D eigenvalue weighted by atomic mass is 10.2. The molecule has 0 unspecified atom stereocenters. The first-order chi connectivity index (χ1) is 10.1. The van der Waals surface area contributed by atoms with Crippen LogP contribution in [0.1, 0.15) is 17.5 Å². The number of hydrogen-bond acceptors (Lipinski definition) is 5. The molecule has 0 saturated heterocycles. The molecule has 0 bridgehead atoms. The Morgan fingerprint density at radius 2 is 2.05 bits per heavy atom. The van der Waals surface area contributed by atoms with Crippen LogP contribution < -0.4 is 14.8 Å². The van der Waals surface area contributed by atoms with Crippen LogP contribution in [0.4, 0.5) is 0 Å². The highest BCUT2D eigenvalue weighted by molar-refractivity contribution is 7.15. The third kappa shape index (κ3) is 3.48. The molecule has 0 fully saturated rings. The number of thiazole rings is 1. The van der Waals surface area contributed by atoms with Crippen LogP contribution in [0.15, 0.2) is 12.1 Å². The highest BCUT2D eigenvalue weighted by Crippen LogP contribution is 2.40. The minimum Gasteiger partial charge on any atom is -0.493 e. The van der Waals surface area contributed by atoms with Crippen LogP contribution in [0, 0.1) is 6.92 Å². The second kappa shape index (κ2) is 7.11. The third-order valence-corrected chi connectivity index (χ3v) is 4.60. The number of hydrogen-bond donors (Lipinski definition) is 1. The molecule has 0 saturated carbocycles. The van der Waals surface area contributed by atoms with Gasteiger partial charge in [-0.05, 0) is 25.6 Å². The van der Waals surface area contributed by atoms with E-state index in [1.54, 1.807) is 25.6 Å². The van der Waals surface area contributed by atoms with Gasteiger partial charge >= 0.3 is 0 Å². The van der Waals surface area contributed by atoms with Crippen LogP contribution in [-0.2, 0) is 6.54 Å². The van der Waals surface area contributed by atoms with Crippen molar-refractivity contribution in [1.82, 2.24) is 10.3 Å². The Balaban J connectivity index is 2.40. The zero-order valence-electron chi connectivity index (χ0n) is 12.6. The van der Waals surface area contributed by atoms with E-state index in [4.69, 9.17) is 21.1 Å². The lowest BCUT2D eigenvalue weighted by molar-refractivity contribution is 0.355. The summed E-state index contributed by atoms with van der Waals surface area (Å²) in [6.07, 6.45) is 0. The summed E-state index contributed by atoms with van der Waals surface area (Å²) < 4.78 is 10.6. The maximum absolute atomic E-state index is 6.25. The van der Waals surface area contributed by atoms with Crippen molar-refractivity contribution in [1.29, 1.82) is 0 Å². The molecular formula is C15H19ClN2O2S. The van der Waals surface area contributed by atoms with E-state index in [1.807, 2.05) is 19.1 Å². The van der Waals surface area contributed by atoms with Crippen LogP contribution in [0.3, 0.4) is 0 Å². The molecule has 2 aromatic rings. The van der Waals surface area contributed by atoms with Gasteiger partial charge in [0, 0.05) is 17.0 Å². The van der Waals surface area contributed by atoms with E-state index in [0.29, 0.717) is 16.5 Å². The minimum absolute atomic E-state index is 0.521. The monoisotopic (exact) mass is 326 g/mol. The fraction of sp³-hybridized carbons (Fsp3) is 0.400. The van der Waals surface area contributed by atoms with Crippen molar-refractivity contribution >= 4 is 22.9 Å². The van der Waals surface area contributed by atoms with Gasteiger partial charge in [-0.15, -0.1) is 11.3 Å². The molecule has 6 heteroatoms. The van der Waals surface area contributed by atoms with Gasteiger partial charge in [0.05, 0.1) is 24.9 Å². The zero-order chi connectivity index (χ0) is 15.4. The third-order valence-electron chi connectivity index (χ3n) is 3.11. The standard InChI is InChI=1S/C15H19ClN2O2S/c1-5-17-8-13-9(2)18-15(21-13)10-6-11(16)14(20-4)12(7-10)19-3/h6-7,17H,5,8H2,1-4H3. The normalized spacial score (nSPS) is 10.7. The average molecular weight is 327 g/mol. The lowest BCUT2D eigenvalue weighted by Crippen LogP contribution is -2.11. The van der Waals surface area contributed by atoms with Gasteiger partial charge in [-0.3, -0.25) is 0 Å². The van der Waals surface area contributed by atoms with Crippen molar-refractivity contribution in [2.24, 2.45) is 0 Å². The van der Waals surface area contributed by atoms with Gasteiger partial charge in [0.1, 0.15) is 5.01 Å². The maximum Gasteiger partial charge on any atom is 0.179 e. The first-order valence-corrected chi connectivity index (χ1v) is 7.89. The Morgan fingerprint density at radius 1 is 1.29 bits per heavy atom. The van der Waals surface area contributed by atoms with E-state index in [0.717, 1.165) is 29.4 Å². The van der Waals surface area contributed by atoms with Gasteiger partial charge in [0.15, 0.2) is 11.5 Å². The fourth-order valence-corrected chi connectivity index (χ4v) is 3.30. The van der Waals surface area contributed by atoms with E-state index in [2.05, 4.69) is 17.2 Å². The quantitative estimate of drug-likeness (QED) is 0.874. The second-order valence-electron chi connectivity index (χ2n) is 4.50. The number of methoxy groups -OCH3 is 2. The van der Waals surface area contributed by atoms with Crippen molar-refractivity contribution in [2.75, 3.05) is 20.8 Å². The number of halogens is 1. The number of nitrogens with one attached hydrogen (secondary N) is 1. The van der Waals surface area contributed by atoms with Crippen LogP contribution in [0.25, 0.3) is 10.6 Å². The van der Waals surface area contributed by atoms with Crippen molar-refractivity contribution in [3.8, 4) is 22.1 Å². The summed E-state index contributed by atoms with van der Waals surface area (Å²) in [4.78, 5) is 5.86. The summed E-state index contributed by atoms with van der Waals surface area (Å²) in [6, 6.07) is 3.76. The Labute approximate surface area is 134 Å². The predicted octanol–water partition coefficient (Wildman–Crippen LogP) is 3.90. The molecule has 0 radical (unpaired) electrons. The van der Waals surface area contributed by atoms with Gasteiger partial charge < -0.3 is 14.8 Å². The lowest BCUT2D eigenvalue weighted by Gasteiger charge is -2.10. The van der Waals surface area contributed by atoms with Gasteiger partial charge in [-0.2, -0.15) is 0 Å². The summed E-state index contributed by atoms with van der Waals surface area (Å²) in [6.45, 7) is 5.89. The van der Waals surface area contributed by atoms with Crippen LogP contribution >= 0.6 is 22.9 Å². The molecule has 1 aromatic carbocycles. The molecule has 21 heavy (non-hydrogen) atoms. The van der Waals surface area contributed by atoms with Crippen molar-refractivity contribution in [3.63, 3.8) is 0 Å². The van der Waals surface area contributed by atoms with E-state index in [9.17, 15) is 0 Å². The van der Waals surface area contributed by atoms with Gasteiger partial charge in [0.2, 0.25) is 0 Å². The summed E-state index contributed by atoms with van der Waals surface area (Å²) >= 11 is 7.92. The van der Waals surface area contributed by atoms with Crippen molar-refractivity contribution in [2.45, 2.75) is 20.4 Å². The summed E-state index contributed by atoms with van der Waals surface area (Å²) in [5.74, 6) is 1.16. The van der Waals surface area contributed by atoms with Gasteiger partial charge in [0.25, 0.3) is 0 Å². The second-order valence-corrected chi connectivity index (χ2v) is 5.99. The predicted molar refractivity (Wildman–Crippen MR) is 87.8 cm³/mol. The first kappa shape index (κ1) is 16.1. The Morgan fingerprint density at radius 3 is 2.67 bits per heavy atom. The van der Waals surface area contributed by atoms with E-state index in [1.165, 1.54) is 4.88 Å². The molecule has 114 valence electrons. The summed E-state index contributed by atoms with van der Waals surface area (Å²) in [5, 5.41) is 4.78. The van der Waals surface area contributed by atoms with Gasteiger partial charge in [-0.1, -0.05) is 18.5 Å². The van der Waals surface area contributed by atoms with Crippen LogP contribution in [0.2, 0.25) is 5.02 Å². The Hall–Kier alpha value is -1.30. The number of rotatable bonds is 6. The molecular weight excluding hydrogens is 308 g/mol. The molecule has 0 spiro atoms. The number of ether oxygens (including phenoxy) is 2. The summed E-state index contributed by atoms with van der Waals surface area (Å²) in [7, 11) is 3.17. The van der Waals surface area contributed by atoms with E-state index >= 15 is 0 Å². The molecule has 1 N–H and O–H groups in total. The molecule has 0 amide bonds. The van der Waals surface area contributed by atoms with Crippen LogP contribution in [0.5, 0.6) is 11.5 Å². The average Bonchev–Trinajstić information content (AvgIpc) is 2.85. The number of benzene rings is 1. The molecule has 4 nitrogen and oxygen atoms in total. The largest absolute Gasteiger partial charge is 0.493 e. The molecule has 1 heterocycles. The summed E-state index contributed by atoms with van der Waals surface area (Å²) in [5.41, 5.74) is 1.98. The Bertz CT molecular complexity index is 628. The van der Waals surface area contributed by atoms with Crippen LogP contribution in [-0.4, -0.2) is 25.7 Å². The zero-order valence-corrected chi connectivity index (χ0v) is 14.2. The van der Waals surface area contributed by atoms with E-state index in [-0.39, 0.29) is 0 Å². The highest BCUT2D eigenvalue weighted by atomic mass is 35.5. The smallest absolute Gasteiger partial charge is 0.179 e. The number of nitrogens with zero attached hydrogens (tertiary/aromatic N) is 1. The number of aromatic nitrogens is 1. The van der Waals surface area contributed by atoms with Gasteiger partial charge in [-0.25, -0.2) is 4.98 Å².